The van der Waals surface area contributed by atoms with Gasteiger partial charge in [0.2, 0.25) is 11.8 Å². The summed E-state index contributed by atoms with van der Waals surface area (Å²) < 4.78 is 24.2. The Balaban J connectivity index is 1.39. The normalized spacial score (nSPS) is 32.0. The summed E-state index contributed by atoms with van der Waals surface area (Å²) in [6.07, 6.45) is 9.92. The molecule has 2 saturated heterocycles. The van der Waals surface area contributed by atoms with Crippen LogP contribution in [0.4, 0.5) is 0 Å². The lowest BCUT2D eigenvalue weighted by Crippen LogP contribution is -2.49. The molecule has 2 aromatic rings. The Bertz CT molecular complexity index is 1460. The zero-order valence-electron chi connectivity index (χ0n) is 28.5. The van der Waals surface area contributed by atoms with Crippen molar-refractivity contribution >= 4 is 29.2 Å². The number of nitrogens with zero attached hydrogens (tertiary/aromatic N) is 3. The Hall–Kier alpha value is -3.27. The zero-order chi connectivity index (χ0) is 33.2. The van der Waals surface area contributed by atoms with Crippen molar-refractivity contribution in [2.75, 3.05) is 26.9 Å². The van der Waals surface area contributed by atoms with Crippen LogP contribution in [0.25, 0.3) is 11.0 Å². The number of carbonyl (C=O) groups is 3. The first-order chi connectivity index (χ1) is 22.7. The number of methoxy groups -OCH3 is 1. The van der Waals surface area contributed by atoms with Gasteiger partial charge in [-0.15, -0.1) is 0 Å². The molecule has 10 heteroatoms. The van der Waals surface area contributed by atoms with Crippen molar-refractivity contribution in [3.05, 3.63) is 23.9 Å². The third-order valence-corrected chi connectivity index (χ3v) is 11.8. The van der Waals surface area contributed by atoms with Crippen LogP contribution in [-0.2, 0) is 30.3 Å². The van der Waals surface area contributed by atoms with Crippen LogP contribution in [0.3, 0.4) is 0 Å². The maximum atomic E-state index is 14.7. The van der Waals surface area contributed by atoms with Crippen molar-refractivity contribution in [2.45, 2.75) is 116 Å². The fraction of sp³-hybridized carbons (Fsp3) is 0.703. The maximum absolute atomic E-state index is 14.7. The van der Waals surface area contributed by atoms with E-state index in [-0.39, 0.29) is 36.7 Å². The molecule has 0 N–H and O–H groups in total. The van der Waals surface area contributed by atoms with Gasteiger partial charge in [-0.25, -0.2) is 9.97 Å². The largest absolute Gasteiger partial charge is 0.497 e. The number of aryl methyl sites for hydroxylation is 1. The Kier molecular flexibility index (Phi) is 10.1. The summed E-state index contributed by atoms with van der Waals surface area (Å²) in [6, 6.07) is 4.98. The summed E-state index contributed by atoms with van der Waals surface area (Å²) in [6.45, 7) is 7.48. The molecular formula is C37H51N3O7. The van der Waals surface area contributed by atoms with E-state index in [0.29, 0.717) is 56.0 Å². The molecule has 3 fully saturated rings. The summed E-state index contributed by atoms with van der Waals surface area (Å²) in [5.41, 5.74) is 1.24. The lowest BCUT2D eigenvalue weighted by atomic mass is 9.69. The quantitative estimate of drug-likeness (QED) is 0.296. The second kappa shape index (κ2) is 14.1. The molecule has 1 saturated carbocycles. The van der Waals surface area contributed by atoms with Crippen LogP contribution in [0.1, 0.15) is 97.1 Å². The van der Waals surface area contributed by atoms with Gasteiger partial charge < -0.3 is 28.6 Å². The predicted molar refractivity (Wildman–Crippen MR) is 176 cm³/mol. The molecule has 1 aromatic heterocycles. The minimum Gasteiger partial charge on any atom is -0.497 e. The Morgan fingerprint density at radius 3 is 2.55 bits per heavy atom. The molecule has 4 aliphatic rings. The number of esters is 1. The Labute approximate surface area is 278 Å². The van der Waals surface area contributed by atoms with Crippen molar-refractivity contribution in [2.24, 2.45) is 23.2 Å². The summed E-state index contributed by atoms with van der Waals surface area (Å²) in [5, 5.41) is 0. The number of carbonyl (C=O) groups excluding carboxylic acids is 3. The van der Waals surface area contributed by atoms with Crippen LogP contribution in [0.2, 0.25) is 0 Å². The van der Waals surface area contributed by atoms with Crippen LogP contribution in [0.5, 0.6) is 11.6 Å². The molecule has 1 amide bonds. The molecule has 0 unspecified atom stereocenters. The molecule has 2 bridgehead atoms. The van der Waals surface area contributed by atoms with Gasteiger partial charge in [-0.05, 0) is 88.2 Å². The van der Waals surface area contributed by atoms with Gasteiger partial charge in [0.05, 0.1) is 43.1 Å². The molecule has 1 aliphatic carbocycles. The van der Waals surface area contributed by atoms with E-state index in [4.69, 9.17) is 28.9 Å². The molecule has 3 aliphatic heterocycles. The highest BCUT2D eigenvalue weighted by Gasteiger charge is 2.51. The summed E-state index contributed by atoms with van der Waals surface area (Å²) >= 11 is 0. The summed E-state index contributed by atoms with van der Waals surface area (Å²) in [7, 11) is 1.62. The summed E-state index contributed by atoms with van der Waals surface area (Å²) in [5.74, 6) is 0.0512. The average Bonchev–Trinajstić information content (AvgIpc) is 3.61. The van der Waals surface area contributed by atoms with Crippen LogP contribution >= 0.6 is 0 Å². The second-order valence-electron chi connectivity index (χ2n) is 14.7. The van der Waals surface area contributed by atoms with Crippen LogP contribution in [-0.4, -0.2) is 77.6 Å². The molecule has 6 rings (SSSR count). The number of ether oxygens (including phenoxy) is 4. The smallest absolute Gasteiger partial charge is 0.307 e. The summed E-state index contributed by atoms with van der Waals surface area (Å²) in [4.78, 5) is 52.9. The number of rotatable bonds is 4. The van der Waals surface area contributed by atoms with E-state index in [1.165, 1.54) is 0 Å². The lowest BCUT2D eigenvalue weighted by molar-refractivity contribution is -0.168. The molecule has 10 nitrogen and oxygen atoms in total. The Morgan fingerprint density at radius 2 is 1.81 bits per heavy atom. The molecule has 256 valence electrons. The molecule has 6 atom stereocenters. The first-order valence-electron chi connectivity index (χ1n) is 17.7. The third kappa shape index (κ3) is 6.85. The van der Waals surface area contributed by atoms with Crippen LogP contribution < -0.4 is 9.47 Å². The lowest BCUT2D eigenvalue weighted by Gasteiger charge is -2.42. The van der Waals surface area contributed by atoms with Gasteiger partial charge in [-0.2, -0.15) is 0 Å². The molecule has 0 radical (unpaired) electrons. The number of aldehydes is 1. The van der Waals surface area contributed by atoms with E-state index in [0.717, 1.165) is 62.4 Å². The number of hydrogen-bond donors (Lipinski definition) is 0. The van der Waals surface area contributed by atoms with E-state index < -0.39 is 29.1 Å². The molecule has 47 heavy (non-hydrogen) atoms. The van der Waals surface area contributed by atoms with Crippen molar-refractivity contribution in [1.29, 1.82) is 0 Å². The highest BCUT2D eigenvalue weighted by Crippen LogP contribution is 2.45. The van der Waals surface area contributed by atoms with Gasteiger partial charge in [0.1, 0.15) is 29.4 Å². The first kappa shape index (κ1) is 33.6. The number of hydrogen-bond acceptors (Lipinski definition) is 9. The number of amides is 1. The average molecular weight is 650 g/mol. The van der Waals surface area contributed by atoms with Crippen molar-refractivity contribution in [3.63, 3.8) is 0 Å². The third-order valence-electron chi connectivity index (χ3n) is 11.8. The predicted octanol–water partition coefficient (Wildman–Crippen LogP) is 5.86. The fourth-order valence-corrected chi connectivity index (χ4v) is 8.66. The highest BCUT2D eigenvalue weighted by atomic mass is 16.6. The van der Waals surface area contributed by atoms with Gasteiger partial charge in [-0.3, -0.25) is 9.59 Å². The molecular weight excluding hydrogens is 598 g/mol. The minimum atomic E-state index is -0.671. The maximum Gasteiger partial charge on any atom is 0.307 e. The van der Waals surface area contributed by atoms with Gasteiger partial charge in [0.25, 0.3) is 0 Å². The van der Waals surface area contributed by atoms with E-state index in [1.807, 2.05) is 25.1 Å². The minimum absolute atomic E-state index is 0.00975. The van der Waals surface area contributed by atoms with Crippen molar-refractivity contribution < 1.29 is 33.3 Å². The van der Waals surface area contributed by atoms with Gasteiger partial charge >= 0.3 is 5.97 Å². The molecule has 4 heterocycles. The number of benzene rings is 1. The first-order valence-corrected chi connectivity index (χ1v) is 17.7. The van der Waals surface area contributed by atoms with E-state index in [9.17, 15) is 14.4 Å². The standard InChI is InChI=1S/C37H51N3O7/c1-5-26-31(23-41)40-22-32(26)46-34-29(38-28-14-13-25(44-4)20-30(28)39-34)12-8-6-7-10-24-11-9-15-37(24,3)47-33(42)21-27(35(40)43)36(2)16-18-45-19-17-36/h13-14,20,23-24,26-27,31-32H,5-12,15-19,21-22H2,1-4H3/t24-,26+,27-,31-,32+,37-/m1/s1. The van der Waals surface area contributed by atoms with Crippen molar-refractivity contribution in [3.8, 4) is 11.6 Å². The fourth-order valence-electron chi connectivity index (χ4n) is 8.66. The molecule has 1 aromatic carbocycles. The van der Waals surface area contributed by atoms with Gasteiger partial charge in [0.15, 0.2) is 0 Å². The van der Waals surface area contributed by atoms with Crippen molar-refractivity contribution in [1.82, 2.24) is 14.9 Å². The Morgan fingerprint density at radius 1 is 1.02 bits per heavy atom. The monoisotopic (exact) mass is 649 g/mol. The number of fused-ring (bicyclic) bond motifs is 5. The highest BCUT2D eigenvalue weighted by molar-refractivity contribution is 5.87. The van der Waals surface area contributed by atoms with Gasteiger partial charge in [-0.1, -0.05) is 26.7 Å². The zero-order valence-corrected chi connectivity index (χ0v) is 28.5. The van der Waals surface area contributed by atoms with E-state index in [2.05, 4.69) is 13.8 Å². The van der Waals surface area contributed by atoms with E-state index in [1.54, 1.807) is 12.0 Å². The van der Waals surface area contributed by atoms with Crippen LogP contribution in [0, 0.1) is 23.2 Å². The van der Waals surface area contributed by atoms with Crippen LogP contribution in [0.15, 0.2) is 18.2 Å². The SMILES string of the molecule is CC[C@@H]1[C@@H]2CN(C(=O)[C@H](C3(C)CCOCC3)CC(=O)O[C@]3(C)CCC[C@H]3CCCCCc3nc4ccc(OC)cc4nc3O2)[C@@H]1C=O. The second-order valence-corrected chi connectivity index (χ2v) is 14.7. The topological polar surface area (TPSA) is 117 Å². The van der Waals surface area contributed by atoms with E-state index >= 15 is 0 Å². The molecule has 0 spiro atoms. The number of aromatic nitrogens is 2. The van der Waals surface area contributed by atoms with Gasteiger partial charge in [0, 0.05) is 25.2 Å².